The molecule has 0 radical (unpaired) electrons. The maximum atomic E-state index is 10.8. The minimum Gasteiger partial charge on any atom is -0.469 e. The van der Waals surface area contributed by atoms with E-state index in [2.05, 4.69) is 23.8 Å². The van der Waals surface area contributed by atoms with Crippen LogP contribution in [0.15, 0.2) is 60.7 Å². The molecule has 0 aliphatic rings. The first-order valence-electron chi connectivity index (χ1n) is 6.34. The molecule has 0 fully saturated rings. The van der Waals surface area contributed by atoms with Crippen molar-refractivity contribution >= 4 is 5.97 Å². The van der Waals surface area contributed by atoms with Crippen LogP contribution in [0.3, 0.4) is 0 Å². The second-order valence-corrected chi connectivity index (χ2v) is 4.22. The Morgan fingerprint density at radius 2 is 1.47 bits per heavy atom. The molecule has 2 rings (SSSR count). The van der Waals surface area contributed by atoms with Gasteiger partial charge in [-0.25, -0.2) is 0 Å². The zero-order chi connectivity index (χ0) is 13.9. The predicted octanol–water partition coefficient (Wildman–Crippen LogP) is 3.79. The number of ether oxygens (including phenoxy) is 1. The van der Waals surface area contributed by atoms with E-state index in [1.807, 2.05) is 48.5 Å². The van der Waals surface area contributed by atoms with Gasteiger partial charge in [0.15, 0.2) is 0 Å². The zero-order valence-corrected chi connectivity index (χ0v) is 11.5. The van der Waals surface area contributed by atoms with Crippen molar-refractivity contribution in [3.8, 4) is 0 Å². The highest BCUT2D eigenvalue weighted by Gasteiger charge is 1.99. The summed E-state index contributed by atoms with van der Waals surface area (Å²) < 4.78 is 4.53. The van der Waals surface area contributed by atoms with E-state index < -0.39 is 0 Å². The summed E-state index contributed by atoms with van der Waals surface area (Å²) in [5.74, 6) is -0.154. The van der Waals surface area contributed by atoms with Crippen molar-refractivity contribution in [1.82, 2.24) is 0 Å². The number of rotatable bonds is 3. The molecule has 19 heavy (non-hydrogen) atoms. The summed E-state index contributed by atoms with van der Waals surface area (Å²) in [5.41, 5.74) is 2.49. The van der Waals surface area contributed by atoms with Crippen LogP contribution in [0, 0.1) is 6.92 Å². The lowest BCUT2D eigenvalue weighted by Gasteiger charge is -1.98. The smallest absolute Gasteiger partial charge is 0.305 e. The first kappa shape index (κ1) is 15.0. The number of benzene rings is 2. The van der Waals surface area contributed by atoms with E-state index in [4.69, 9.17) is 0 Å². The van der Waals surface area contributed by atoms with Crippen molar-refractivity contribution < 1.29 is 9.53 Å². The largest absolute Gasteiger partial charge is 0.469 e. The van der Waals surface area contributed by atoms with Crippen molar-refractivity contribution in [2.45, 2.75) is 19.8 Å². The molecule has 0 spiro atoms. The molecule has 0 bridgehead atoms. The van der Waals surface area contributed by atoms with E-state index in [9.17, 15) is 4.79 Å². The van der Waals surface area contributed by atoms with E-state index in [0.29, 0.717) is 6.42 Å². The lowest BCUT2D eigenvalue weighted by atomic mass is 10.1. The van der Waals surface area contributed by atoms with Crippen LogP contribution in [0.1, 0.15) is 17.5 Å². The monoisotopic (exact) mass is 256 g/mol. The highest BCUT2D eigenvalue weighted by molar-refractivity contribution is 5.69. The Bertz CT molecular complexity index is 463. The summed E-state index contributed by atoms with van der Waals surface area (Å²) in [6.07, 6.45) is 1.22. The van der Waals surface area contributed by atoms with E-state index in [0.717, 1.165) is 6.42 Å². The molecule has 100 valence electrons. The number of carbonyl (C=O) groups excluding carboxylic acids is 1. The van der Waals surface area contributed by atoms with E-state index >= 15 is 0 Å². The molecule has 0 aliphatic carbocycles. The van der Waals surface area contributed by atoms with Crippen LogP contribution in [-0.2, 0) is 16.0 Å². The van der Waals surface area contributed by atoms with Crippen LogP contribution in [0.25, 0.3) is 0 Å². The van der Waals surface area contributed by atoms with Crippen LogP contribution in [0.5, 0.6) is 0 Å². The number of hydrogen-bond donors (Lipinski definition) is 0. The quantitative estimate of drug-likeness (QED) is 0.781. The van der Waals surface area contributed by atoms with Crippen molar-refractivity contribution in [1.29, 1.82) is 0 Å². The van der Waals surface area contributed by atoms with Gasteiger partial charge < -0.3 is 4.74 Å². The Morgan fingerprint density at radius 3 is 1.89 bits per heavy atom. The fourth-order valence-corrected chi connectivity index (χ4v) is 1.53. The fourth-order valence-electron chi connectivity index (χ4n) is 1.53. The molecule has 0 atom stereocenters. The third-order valence-electron chi connectivity index (χ3n) is 2.63. The maximum absolute atomic E-state index is 10.8. The van der Waals surface area contributed by atoms with Gasteiger partial charge in [-0.15, -0.1) is 0 Å². The average molecular weight is 256 g/mol. The highest BCUT2D eigenvalue weighted by Crippen LogP contribution is 2.02. The first-order valence-corrected chi connectivity index (χ1v) is 6.34. The molecule has 2 aromatic rings. The van der Waals surface area contributed by atoms with Crippen molar-refractivity contribution in [3.05, 3.63) is 71.8 Å². The minimum atomic E-state index is -0.154. The Hall–Kier alpha value is -2.09. The molecule has 2 nitrogen and oxygen atoms in total. The van der Waals surface area contributed by atoms with Gasteiger partial charge in [0.25, 0.3) is 0 Å². The van der Waals surface area contributed by atoms with Gasteiger partial charge in [0, 0.05) is 6.42 Å². The van der Waals surface area contributed by atoms with Gasteiger partial charge in [0.1, 0.15) is 0 Å². The van der Waals surface area contributed by atoms with Crippen LogP contribution in [0.4, 0.5) is 0 Å². The second-order valence-electron chi connectivity index (χ2n) is 4.22. The lowest BCUT2D eigenvalue weighted by Crippen LogP contribution is -2.01. The SMILES string of the molecule is COC(=O)CCc1ccccc1.Cc1ccccc1. The molecule has 2 heteroatoms. The molecule has 0 aromatic heterocycles. The highest BCUT2D eigenvalue weighted by atomic mass is 16.5. The van der Waals surface area contributed by atoms with Crippen LogP contribution >= 0.6 is 0 Å². The summed E-state index contributed by atoms with van der Waals surface area (Å²) in [7, 11) is 1.41. The number of hydrogen-bond acceptors (Lipinski definition) is 2. The number of carbonyl (C=O) groups is 1. The molecule has 0 saturated heterocycles. The van der Waals surface area contributed by atoms with Gasteiger partial charge in [-0.3, -0.25) is 4.79 Å². The van der Waals surface area contributed by atoms with Crippen LogP contribution < -0.4 is 0 Å². The predicted molar refractivity (Wildman–Crippen MR) is 78.0 cm³/mol. The Kier molecular flexibility index (Phi) is 7.03. The Morgan fingerprint density at radius 1 is 0.947 bits per heavy atom. The normalized spacial score (nSPS) is 9.16. The standard InChI is InChI=1S/C10H12O2.C7H8/c1-12-10(11)8-7-9-5-3-2-4-6-9;1-7-5-3-2-4-6-7/h2-6H,7-8H2,1H3;2-6H,1H3. The van der Waals surface area contributed by atoms with E-state index in [1.54, 1.807) is 0 Å². The fraction of sp³-hybridized carbons (Fsp3) is 0.235. The number of aryl methyl sites for hydroxylation is 2. The third-order valence-corrected chi connectivity index (χ3v) is 2.63. The molecule has 0 amide bonds. The average Bonchev–Trinajstić information content (AvgIpc) is 2.47. The summed E-state index contributed by atoms with van der Waals surface area (Å²) in [4.78, 5) is 10.8. The van der Waals surface area contributed by atoms with Crippen molar-refractivity contribution in [2.24, 2.45) is 0 Å². The molecule has 0 unspecified atom stereocenters. The van der Waals surface area contributed by atoms with Crippen LogP contribution in [0.2, 0.25) is 0 Å². The number of methoxy groups -OCH3 is 1. The topological polar surface area (TPSA) is 26.3 Å². The van der Waals surface area contributed by atoms with E-state index in [1.165, 1.54) is 18.2 Å². The van der Waals surface area contributed by atoms with Gasteiger partial charge in [-0.05, 0) is 18.9 Å². The third kappa shape index (κ3) is 7.04. The Labute approximate surface area is 115 Å². The van der Waals surface area contributed by atoms with E-state index in [-0.39, 0.29) is 5.97 Å². The van der Waals surface area contributed by atoms with Gasteiger partial charge in [0.05, 0.1) is 7.11 Å². The van der Waals surface area contributed by atoms with Gasteiger partial charge in [-0.1, -0.05) is 66.2 Å². The van der Waals surface area contributed by atoms with Crippen molar-refractivity contribution in [3.63, 3.8) is 0 Å². The van der Waals surface area contributed by atoms with Crippen LogP contribution in [-0.4, -0.2) is 13.1 Å². The lowest BCUT2D eigenvalue weighted by molar-refractivity contribution is -0.140. The maximum Gasteiger partial charge on any atom is 0.305 e. The summed E-state index contributed by atoms with van der Waals surface area (Å²) in [5, 5.41) is 0. The van der Waals surface area contributed by atoms with Gasteiger partial charge in [-0.2, -0.15) is 0 Å². The molecule has 0 saturated carbocycles. The Balaban J connectivity index is 0.000000218. The summed E-state index contributed by atoms with van der Waals surface area (Å²) in [6.45, 7) is 2.08. The number of esters is 1. The zero-order valence-electron chi connectivity index (χ0n) is 11.5. The second kappa shape index (κ2) is 8.92. The first-order chi connectivity index (χ1) is 9.22. The molecular weight excluding hydrogens is 236 g/mol. The summed E-state index contributed by atoms with van der Waals surface area (Å²) >= 11 is 0. The molecule has 0 heterocycles. The molecular formula is C17H20O2. The molecule has 0 N–H and O–H groups in total. The summed E-state index contributed by atoms with van der Waals surface area (Å²) in [6, 6.07) is 20.2. The molecule has 2 aromatic carbocycles. The van der Waals surface area contributed by atoms with Gasteiger partial charge in [0.2, 0.25) is 0 Å². The molecule has 0 aliphatic heterocycles. The van der Waals surface area contributed by atoms with Gasteiger partial charge >= 0.3 is 5.97 Å². The van der Waals surface area contributed by atoms with Crippen molar-refractivity contribution in [2.75, 3.05) is 7.11 Å². The minimum absolute atomic E-state index is 0.154.